The quantitative estimate of drug-likeness (QED) is 0.625. The summed E-state index contributed by atoms with van der Waals surface area (Å²) in [6.07, 6.45) is 0. The first kappa shape index (κ1) is 19.1. The van der Waals surface area contributed by atoms with Gasteiger partial charge in [-0.15, -0.1) is 0 Å². The number of benzene rings is 2. The van der Waals surface area contributed by atoms with Gasteiger partial charge >= 0.3 is 0 Å². The normalized spacial score (nSPS) is 12.0. The van der Waals surface area contributed by atoms with Gasteiger partial charge in [-0.2, -0.15) is 0 Å². The highest BCUT2D eigenvalue weighted by Crippen LogP contribution is 2.24. The van der Waals surface area contributed by atoms with Crippen molar-refractivity contribution in [1.82, 2.24) is 10.3 Å². The Kier molecular flexibility index (Phi) is 5.94. The number of oxazole rings is 1. The van der Waals surface area contributed by atoms with Crippen molar-refractivity contribution in [2.75, 3.05) is 5.32 Å². The highest BCUT2D eigenvalue weighted by molar-refractivity contribution is 6.33. The monoisotopic (exact) mass is 383 g/mol. The van der Waals surface area contributed by atoms with E-state index in [-0.39, 0.29) is 17.6 Å². The number of rotatable bonds is 6. The van der Waals surface area contributed by atoms with Crippen LogP contribution in [0.25, 0.3) is 0 Å². The number of nitrogens with zero attached hydrogens (tertiary/aromatic N) is 1. The fraction of sp³-hybridized carbons (Fsp3) is 0.238. The minimum atomic E-state index is -0.339. The molecule has 0 aliphatic rings. The summed E-state index contributed by atoms with van der Waals surface area (Å²) < 4.78 is 5.32. The molecular weight excluding hydrogens is 362 g/mol. The molecule has 3 aromatic rings. The van der Waals surface area contributed by atoms with Gasteiger partial charge in [0, 0.05) is 19.5 Å². The highest BCUT2D eigenvalue weighted by atomic mass is 35.5. The second-order valence-electron chi connectivity index (χ2n) is 6.42. The molecule has 0 saturated carbocycles. The van der Waals surface area contributed by atoms with Gasteiger partial charge in [0.25, 0.3) is 5.91 Å². The lowest BCUT2D eigenvalue weighted by molar-refractivity contribution is 0.102. The molecule has 1 heterocycles. The predicted molar refractivity (Wildman–Crippen MR) is 107 cm³/mol. The van der Waals surface area contributed by atoms with Crippen LogP contribution in [0.4, 0.5) is 5.69 Å². The molecule has 0 aliphatic heterocycles. The number of hydrogen-bond acceptors (Lipinski definition) is 4. The topological polar surface area (TPSA) is 67.2 Å². The van der Waals surface area contributed by atoms with E-state index >= 15 is 0 Å². The zero-order valence-corrected chi connectivity index (χ0v) is 16.3. The van der Waals surface area contributed by atoms with Crippen LogP contribution in [0.3, 0.4) is 0 Å². The zero-order valence-electron chi connectivity index (χ0n) is 15.5. The lowest BCUT2D eigenvalue weighted by Gasteiger charge is -2.15. The van der Waals surface area contributed by atoms with Crippen molar-refractivity contribution in [3.05, 3.63) is 82.0 Å². The van der Waals surface area contributed by atoms with Crippen LogP contribution in [-0.4, -0.2) is 10.9 Å². The molecule has 2 aromatic carbocycles. The molecule has 0 bridgehead atoms. The van der Waals surface area contributed by atoms with Crippen LogP contribution >= 0.6 is 11.6 Å². The van der Waals surface area contributed by atoms with Gasteiger partial charge in [-0.25, -0.2) is 4.98 Å². The van der Waals surface area contributed by atoms with Gasteiger partial charge in [0.2, 0.25) is 0 Å². The molecule has 1 atom stereocenters. The van der Waals surface area contributed by atoms with E-state index in [1.165, 1.54) is 5.56 Å². The van der Waals surface area contributed by atoms with E-state index in [1.54, 1.807) is 19.9 Å². The number of halogens is 1. The number of aromatic nitrogens is 1. The summed E-state index contributed by atoms with van der Waals surface area (Å²) in [6.45, 7) is 6.18. The third-order valence-corrected chi connectivity index (χ3v) is 4.64. The van der Waals surface area contributed by atoms with Gasteiger partial charge in [0.1, 0.15) is 5.76 Å². The molecule has 3 rings (SSSR count). The maximum Gasteiger partial charge on any atom is 0.277 e. The van der Waals surface area contributed by atoms with Gasteiger partial charge in [0.15, 0.2) is 11.6 Å². The maximum atomic E-state index is 12.5. The van der Waals surface area contributed by atoms with Gasteiger partial charge in [-0.05, 0) is 37.1 Å². The maximum absolute atomic E-state index is 12.5. The van der Waals surface area contributed by atoms with Gasteiger partial charge in [0.05, 0.1) is 10.7 Å². The van der Waals surface area contributed by atoms with E-state index < -0.39 is 0 Å². The Morgan fingerprint density at radius 3 is 2.59 bits per heavy atom. The van der Waals surface area contributed by atoms with E-state index in [0.29, 0.717) is 28.9 Å². The zero-order chi connectivity index (χ0) is 19.4. The van der Waals surface area contributed by atoms with Crippen LogP contribution in [0.15, 0.2) is 52.9 Å². The van der Waals surface area contributed by atoms with Crippen molar-refractivity contribution in [3.63, 3.8) is 0 Å². The molecule has 0 saturated heterocycles. The van der Waals surface area contributed by atoms with E-state index in [2.05, 4.69) is 34.7 Å². The molecule has 1 amide bonds. The molecule has 0 radical (unpaired) electrons. The first-order chi connectivity index (χ1) is 12.9. The van der Waals surface area contributed by atoms with Crippen LogP contribution in [0.2, 0.25) is 5.02 Å². The number of carbonyl (C=O) groups is 1. The Bertz CT molecular complexity index is 938. The lowest BCUT2D eigenvalue weighted by atomic mass is 10.1. The van der Waals surface area contributed by atoms with Gasteiger partial charge in [-0.3, -0.25) is 4.79 Å². The number of nitrogens with one attached hydrogen (secondary N) is 2. The van der Waals surface area contributed by atoms with Crippen molar-refractivity contribution in [3.8, 4) is 0 Å². The largest absolute Gasteiger partial charge is 0.445 e. The Labute approximate surface area is 163 Å². The Morgan fingerprint density at radius 1 is 1.19 bits per heavy atom. The number of hydrogen-bond donors (Lipinski definition) is 2. The minimum absolute atomic E-state index is 0.209. The molecule has 1 aromatic heterocycles. The summed E-state index contributed by atoms with van der Waals surface area (Å²) in [5.74, 6) is 0.598. The number of aryl methyl sites for hydroxylation is 2. The molecular formula is C21H22ClN3O2. The molecule has 27 heavy (non-hydrogen) atoms. The fourth-order valence-corrected chi connectivity index (χ4v) is 2.99. The van der Waals surface area contributed by atoms with Crippen LogP contribution < -0.4 is 10.6 Å². The third kappa shape index (κ3) is 4.76. The third-order valence-electron chi connectivity index (χ3n) is 4.31. The molecule has 6 heteroatoms. The Hall–Kier alpha value is -2.63. The van der Waals surface area contributed by atoms with E-state index in [9.17, 15) is 4.79 Å². The summed E-state index contributed by atoms with van der Waals surface area (Å²) in [7, 11) is 0. The minimum Gasteiger partial charge on any atom is -0.445 e. The van der Waals surface area contributed by atoms with E-state index in [0.717, 1.165) is 5.56 Å². The van der Waals surface area contributed by atoms with E-state index in [1.807, 2.05) is 30.3 Å². The number of carbonyl (C=O) groups excluding carboxylic acids is 1. The van der Waals surface area contributed by atoms with Crippen LogP contribution in [0.5, 0.6) is 0 Å². The van der Waals surface area contributed by atoms with Crippen molar-refractivity contribution >= 4 is 23.2 Å². The predicted octanol–water partition coefficient (Wildman–Crippen LogP) is 5.05. The summed E-state index contributed by atoms with van der Waals surface area (Å²) in [4.78, 5) is 16.6. The highest BCUT2D eigenvalue weighted by Gasteiger charge is 2.17. The lowest BCUT2D eigenvalue weighted by Crippen LogP contribution is -2.18. The van der Waals surface area contributed by atoms with Crippen LogP contribution in [0.1, 0.15) is 46.2 Å². The second kappa shape index (κ2) is 8.37. The molecule has 140 valence electrons. The molecule has 0 aliphatic carbocycles. The standard InChI is InChI=1S/C21H22ClN3O2/c1-13(17-7-5-4-6-8-17)23-12-16-9-10-18(22)19(11-16)25-21(26)20-14(2)27-15(3)24-20/h4-11,13,23H,12H2,1-3H3,(H,25,26)/t13-/m1/s1. The Balaban J connectivity index is 1.69. The Morgan fingerprint density at radius 2 is 1.93 bits per heavy atom. The fourth-order valence-electron chi connectivity index (χ4n) is 2.83. The second-order valence-corrected chi connectivity index (χ2v) is 6.83. The van der Waals surface area contributed by atoms with Crippen molar-refractivity contribution < 1.29 is 9.21 Å². The first-order valence-corrected chi connectivity index (χ1v) is 9.14. The van der Waals surface area contributed by atoms with Crippen molar-refractivity contribution in [1.29, 1.82) is 0 Å². The van der Waals surface area contributed by atoms with Crippen molar-refractivity contribution in [2.45, 2.75) is 33.4 Å². The average Bonchev–Trinajstić information content (AvgIpc) is 3.01. The molecule has 2 N–H and O–H groups in total. The summed E-state index contributed by atoms with van der Waals surface area (Å²) in [6, 6.07) is 16.0. The molecule has 0 spiro atoms. The van der Waals surface area contributed by atoms with Gasteiger partial charge in [-0.1, -0.05) is 48.0 Å². The molecule has 5 nitrogen and oxygen atoms in total. The number of anilines is 1. The summed E-state index contributed by atoms with van der Waals surface area (Å²) >= 11 is 6.25. The van der Waals surface area contributed by atoms with Gasteiger partial charge < -0.3 is 15.1 Å². The molecule has 0 fully saturated rings. The first-order valence-electron chi connectivity index (χ1n) is 8.76. The summed E-state index contributed by atoms with van der Waals surface area (Å²) in [5, 5.41) is 6.77. The van der Waals surface area contributed by atoms with Crippen molar-refractivity contribution in [2.24, 2.45) is 0 Å². The smallest absolute Gasteiger partial charge is 0.277 e. The SMILES string of the molecule is Cc1nc(C(=O)Nc2cc(CN[C@H](C)c3ccccc3)ccc2Cl)c(C)o1. The molecule has 0 unspecified atom stereocenters. The van der Waals surface area contributed by atoms with E-state index in [4.69, 9.17) is 16.0 Å². The van der Waals surface area contributed by atoms with Crippen LogP contribution in [-0.2, 0) is 6.54 Å². The summed E-state index contributed by atoms with van der Waals surface area (Å²) in [5.41, 5.74) is 3.06. The van der Waals surface area contributed by atoms with Crippen LogP contribution in [0, 0.1) is 13.8 Å². The average molecular weight is 384 g/mol. The number of amides is 1.